The Balaban J connectivity index is 1.64. The monoisotopic (exact) mass is 256 g/mol. The minimum absolute atomic E-state index is 0.0411. The Labute approximate surface area is 111 Å². The van der Waals surface area contributed by atoms with E-state index in [9.17, 15) is 0 Å². The number of hydrogen-bond acceptors (Lipinski definition) is 4. The second-order valence-electron chi connectivity index (χ2n) is 6.31. The largest absolute Gasteiger partial charge is 0.353 e. The molecule has 2 fully saturated rings. The zero-order valence-electron chi connectivity index (χ0n) is 12.2. The fourth-order valence-corrected chi connectivity index (χ4v) is 2.63. The van der Waals surface area contributed by atoms with Crippen LogP contribution in [-0.4, -0.2) is 67.6 Å². The van der Waals surface area contributed by atoms with Gasteiger partial charge in [0.05, 0.1) is 13.2 Å². The molecule has 0 radical (unpaired) electrons. The molecule has 106 valence electrons. The van der Waals surface area contributed by atoms with Crippen LogP contribution in [0.1, 0.15) is 33.6 Å². The predicted molar refractivity (Wildman–Crippen MR) is 72.7 cm³/mol. The Bertz CT molecular complexity index is 239. The summed E-state index contributed by atoms with van der Waals surface area (Å²) in [5.74, 6) is 0. The SMILES string of the molecule is CC(C)(C)N1CCN(CCC2OCCCO2)CC1. The average Bonchev–Trinajstić information content (AvgIpc) is 2.37. The van der Waals surface area contributed by atoms with Crippen LogP contribution in [0.5, 0.6) is 0 Å². The van der Waals surface area contributed by atoms with Gasteiger partial charge in [-0.1, -0.05) is 0 Å². The van der Waals surface area contributed by atoms with Gasteiger partial charge in [-0.15, -0.1) is 0 Å². The van der Waals surface area contributed by atoms with Gasteiger partial charge < -0.3 is 14.4 Å². The van der Waals surface area contributed by atoms with Gasteiger partial charge in [0.15, 0.2) is 6.29 Å². The van der Waals surface area contributed by atoms with Crippen molar-refractivity contribution in [2.75, 3.05) is 45.9 Å². The van der Waals surface area contributed by atoms with Crippen LogP contribution in [0.2, 0.25) is 0 Å². The first-order valence-corrected chi connectivity index (χ1v) is 7.26. The quantitative estimate of drug-likeness (QED) is 0.765. The van der Waals surface area contributed by atoms with Crippen LogP contribution < -0.4 is 0 Å². The molecule has 0 aromatic carbocycles. The van der Waals surface area contributed by atoms with E-state index in [1.54, 1.807) is 0 Å². The topological polar surface area (TPSA) is 24.9 Å². The molecule has 0 unspecified atom stereocenters. The molecule has 4 nitrogen and oxygen atoms in total. The van der Waals surface area contributed by atoms with Gasteiger partial charge in [0.2, 0.25) is 0 Å². The molecule has 0 aromatic rings. The number of rotatable bonds is 3. The van der Waals surface area contributed by atoms with Gasteiger partial charge in [-0.05, 0) is 27.2 Å². The zero-order valence-corrected chi connectivity index (χ0v) is 12.2. The molecule has 0 atom stereocenters. The van der Waals surface area contributed by atoms with Gasteiger partial charge in [-0.3, -0.25) is 4.90 Å². The molecule has 4 heteroatoms. The van der Waals surface area contributed by atoms with Gasteiger partial charge in [0.1, 0.15) is 0 Å². The summed E-state index contributed by atoms with van der Waals surface area (Å²) < 4.78 is 11.2. The summed E-state index contributed by atoms with van der Waals surface area (Å²) in [5.41, 5.74) is 0.307. The molecule has 2 heterocycles. The summed E-state index contributed by atoms with van der Waals surface area (Å²) in [7, 11) is 0. The lowest BCUT2D eigenvalue weighted by Gasteiger charge is -2.42. The smallest absolute Gasteiger partial charge is 0.158 e. The first-order chi connectivity index (χ1) is 8.55. The summed E-state index contributed by atoms with van der Waals surface area (Å²) in [5, 5.41) is 0. The van der Waals surface area contributed by atoms with Crippen LogP contribution in [-0.2, 0) is 9.47 Å². The molecule has 0 amide bonds. The zero-order chi connectivity index (χ0) is 13.0. The molecule has 0 saturated carbocycles. The highest BCUT2D eigenvalue weighted by molar-refractivity contribution is 4.81. The maximum atomic E-state index is 5.59. The maximum absolute atomic E-state index is 5.59. The van der Waals surface area contributed by atoms with Crippen molar-refractivity contribution >= 4 is 0 Å². The number of hydrogen-bond donors (Lipinski definition) is 0. The van der Waals surface area contributed by atoms with Crippen molar-refractivity contribution in [2.24, 2.45) is 0 Å². The molecule has 2 aliphatic rings. The first kappa shape index (κ1) is 14.3. The fraction of sp³-hybridized carbons (Fsp3) is 1.00. The Morgan fingerprint density at radius 3 is 2.17 bits per heavy atom. The molecule has 18 heavy (non-hydrogen) atoms. The van der Waals surface area contributed by atoms with Gasteiger partial charge in [-0.25, -0.2) is 0 Å². The van der Waals surface area contributed by atoms with Crippen LogP contribution in [0.4, 0.5) is 0 Å². The van der Waals surface area contributed by atoms with E-state index >= 15 is 0 Å². The van der Waals surface area contributed by atoms with Gasteiger partial charge in [0.25, 0.3) is 0 Å². The minimum Gasteiger partial charge on any atom is -0.353 e. The highest BCUT2D eigenvalue weighted by Gasteiger charge is 2.26. The summed E-state index contributed by atoms with van der Waals surface area (Å²) in [6, 6.07) is 0. The van der Waals surface area contributed by atoms with Crippen molar-refractivity contribution in [1.29, 1.82) is 0 Å². The minimum atomic E-state index is 0.0411. The molecule has 2 saturated heterocycles. The van der Waals surface area contributed by atoms with Crippen LogP contribution in [0.25, 0.3) is 0 Å². The molecule has 0 aromatic heterocycles. The standard InChI is InChI=1S/C14H28N2O2/c1-14(2,3)16-9-7-15(8-10-16)6-5-13-17-11-4-12-18-13/h13H,4-12H2,1-3H3. The number of piperazine rings is 1. The molecular weight excluding hydrogens is 228 g/mol. The van der Waals surface area contributed by atoms with E-state index < -0.39 is 0 Å². The highest BCUT2D eigenvalue weighted by Crippen LogP contribution is 2.16. The van der Waals surface area contributed by atoms with E-state index in [4.69, 9.17) is 9.47 Å². The molecule has 2 aliphatic heterocycles. The van der Waals surface area contributed by atoms with E-state index in [1.165, 1.54) is 26.2 Å². The third-order valence-electron chi connectivity index (χ3n) is 3.90. The number of ether oxygens (including phenoxy) is 2. The van der Waals surface area contributed by atoms with E-state index in [0.29, 0.717) is 5.54 Å². The number of nitrogens with zero attached hydrogens (tertiary/aromatic N) is 2. The van der Waals surface area contributed by atoms with Crippen LogP contribution in [0.15, 0.2) is 0 Å². The lowest BCUT2D eigenvalue weighted by atomic mass is 10.0. The van der Waals surface area contributed by atoms with Gasteiger partial charge >= 0.3 is 0 Å². The fourth-order valence-electron chi connectivity index (χ4n) is 2.63. The second kappa shape index (κ2) is 6.33. The molecule has 0 bridgehead atoms. The Kier molecular flexibility index (Phi) is 5.01. The second-order valence-corrected chi connectivity index (χ2v) is 6.31. The third kappa shape index (κ3) is 4.19. The van der Waals surface area contributed by atoms with Crippen molar-refractivity contribution < 1.29 is 9.47 Å². The van der Waals surface area contributed by atoms with Crippen LogP contribution in [0.3, 0.4) is 0 Å². The van der Waals surface area contributed by atoms with E-state index in [0.717, 1.165) is 32.6 Å². The average molecular weight is 256 g/mol. The summed E-state index contributed by atoms with van der Waals surface area (Å²) in [6.45, 7) is 14.4. The molecular formula is C14H28N2O2. The molecule has 0 N–H and O–H groups in total. The van der Waals surface area contributed by atoms with Gasteiger partial charge in [0, 0.05) is 44.7 Å². The Morgan fingerprint density at radius 2 is 1.61 bits per heavy atom. The van der Waals surface area contributed by atoms with Crippen molar-refractivity contribution in [2.45, 2.75) is 45.4 Å². The lowest BCUT2D eigenvalue weighted by molar-refractivity contribution is -0.183. The normalized spacial score (nSPS) is 25.5. The van der Waals surface area contributed by atoms with E-state index in [-0.39, 0.29) is 6.29 Å². The third-order valence-corrected chi connectivity index (χ3v) is 3.90. The molecule has 0 aliphatic carbocycles. The Morgan fingerprint density at radius 1 is 1.00 bits per heavy atom. The van der Waals surface area contributed by atoms with Crippen molar-refractivity contribution in [3.63, 3.8) is 0 Å². The summed E-state index contributed by atoms with van der Waals surface area (Å²) >= 11 is 0. The van der Waals surface area contributed by atoms with Crippen LogP contribution >= 0.6 is 0 Å². The first-order valence-electron chi connectivity index (χ1n) is 7.26. The van der Waals surface area contributed by atoms with Crippen molar-refractivity contribution in [3.05, 3.63) is 0 Å². The predicted octanol–water partition coefficient (Wildman–Crippen LogP) is 1.56. The van der Waals surface area contributed by atoms with Gasteiger partial charge in [-0.2, -0.15) is 0 Å². The lowest BCUT2D eigenvalue weighted by Crippen LogP contribution is -2.53. The molecule has 2 rings (SSSR count). The van der Waals surface area contributed by atoms with Crippen LogP contribution in [0, 0.1) is 0 Å². The Hall–Kier alpha value is -0.160. The van der Waals surface area contributed by atoms with E-state index in [2.05, 4.69) is 30.6 Å². The molecule has 0 spiro atoms. The summed E-state index contributed by atoms with van der Waals surface area (Å²) in [6.07, 6.45) is 2.09. The van der Waals surface area contributed by atoms with Crippen molar-refractivity contribution in [1.82, 2.24) is 9.80 Å². The maximum Gasteiger partial charge on any atom is 0.158 e. The summed E-state index contributed by atoms with van der Waals surface area (Å²) in [4.78, 5) is 5.10. The van der Waals surface area contributed by atoms with E-state index in [1.807, 2.05) is 0 Å². The van der Waals surface area contributed by atoms with Crippen molar-refractivity contribution in [3.8, 4) is 0 Å². The highest BCUT2D eigenvalue weighted by atomic mass is 16.7.